The number of fused-ring (bicyclic) bond motifs is 1. The summed E-state index contributed by atoms with van der Waals surface area (Å²) in [6, 6.07) is -3.52. The fourth-order valence-electron chi connectivity index (χ4n) is 5.53. The van der Waals surface area contributed by atoms with Gasteiger partial charge in [-0.15, -0.1) is 0 Å². The normalized spacial score (nSPS) is 28.6. The Morgan fingerprint density at radius 3 is 2.14 bits per heavy atom. The number of nitrogens with zero attached hydrogens (tertiary/aromatic N) is 3. The molecule has 0 aromatic carbocycles. The minimum Gasteiger partial charge on any atom is -0.452 e. The number of rotatable bonds is 5. The van der Waals surface area contributed by atoms with Crippen molar-refractivity contribution in [2.24, 2.45) is 17.8 Å². The minimum absolute atomic E-state index is 0.0358. The van der Waals surface area contributed by atoms with Gasteiger partial charge >= 0.3 is 5.97 Å². The Morgan fingerprint density at radius 1 is 0.929 bits per heavy atom. The molecule has 0 radical (unpaired) electrons. The smallest absolute Gasteiger partial charge is 0.308 e. The molecule has 5 amide bonds. The number of hydrogen-bond acceptors (Lipinski definition) is 7. The number of carbonyl (C=O) groups is 6. The average molecular weight is 596 g/mol. The van der Waals surface area contributed by atoms with Crippen molar-refractivity contribution in [3.63, 3.8) is 0 Å². The van der Waals surface area contributed by atoms with Crippen LogP contribution in [0.15, 0.2) is 0 Å². The van der Waals surface area contributed by atoms with Crippen LogP contribution in [-0.4, -0.2) is 108 Å². The van der Waals surface area contributed by atoms with Gasteiger partial charge in [0.1, 0.15) is 24.2 Å². The zero-order valence-corrected chi connectivity index (χ0v) is 26.8. The van der Waals surface area contributed by atoms with Crippen molar-refractivity contribution >= 4 is 35.5 Å². The minimum atomic E-state index is -1.07. The molecule has 2 aliphatic rings. The van der Waals surface area contributed by atoms with Crippen molar-refractivity contribution in [2.75, 3.05) is 27.2 Å². The molecule has 2 rings (SSSR count). The quantitative estimate of drug-likeness (QED) is 0.456. The van der Waals surface area contributed by atoms with Crippen LogP contribution in [0.4, 0.5) is 0 Å². The molecule has 1 unspecified atom stereocenters. The number of esters is 1. The highest BCUT2D eigenvalue weighted by molar-refractivity contribution is 5.96. The first-order valence-corrected chi connectivity index (χ1v) is 15.2. The average Bonchev–Trinajstić information content (AvgIpc) is 3.42. The van der Waals surface area contributed by atoms with Gasteiger partial charge in [0.25, 0.3) is 5.91 Å². The first-order chi connectivity index (χ1) is 19.6. The second-order valence-corrected chi connectivity index (χ2v) is 12.5. The lowest BCUT2D eigenvalue weighted by molar-refractivity contribution is -0.162. The molecule has 0 aliphatic carbocycles. The molecule has 2 heterocycles. The summed E-state index contributed by atoms with van der Waals surface area (Å²) in [5, 5.41) is 5.57. The van der Waals surface area contributed by atoms with Gasteiger partial charge in [0.2, 0.25) is 23.6 Å². The van der Waals surface area contributed by atoms with E-state index in [1.165, 1.54) is 21.7 Å². The number of cyclic esters (lactones) is 1. The number of carbonyl (C=O) groups excluding carboxylic acids is 6. The molecule has 2 fully saturated rings. The maximum absolute atomic E-state index is 13.9. The van der Waals surface area contributed by atoms with E-state index in [2.05, 4.69) is 10.6 Å². The highest BCUT2D eigenvalue weighted by Gasteiger charge is 2.42. The van der Waals surface area contributed by atoms with Gasteiger partial charge in [-0.2, -0.15) is 0 Å². The largest absolute Gasteiger partial charge is 0.452 e. The highest BCUT2D eigenvalue weighted by atomic mass is 16.5. The van der Waals surface area contributed by atoms with Crippen molar-refractivity contribution in [1.82, 2.24) is 25.3 Å². The molecule has 0 bridgehead atoms. The monoisotopic (exact) mass is 595 g/mol. The number of likely N-dealkylation sites (N-methyl/N-ethyl adjacent to an activating group) is 2. The van der Waals surface area contributed by atoms with E-state index in [1.807, 2.05) is 41.5 Å². The van der Waals surface area contributed by atoms with Gasteiger partial charge in [-0.05, 0) is 43.9 Å². The zero-order chi connectivity index (χ0) is 31.9. The van der Waals surface area contributed by atoms with Gasteiger partial charge in [-0.25, -0.2) is 0 Å². The third kappa shape index (κ3) is 8.44. The third-order valence-corrected chi connectivity index (χ3v) is 8.44. The molecule has 0 aromatic heterocycles. The third-order valence-electron chi connectivity index (χ3n) is 8.44. The van der Waals surface area contributed by atoms with Crippen LogP contribution in [0.5, 0.6) is 0 Å². The van der Waals surface area contributed by atoms with Crippen LogP contribution in [0.3, 0.4) is 0 Å². The summed E-state index contributed by atoms with van der Waals surface area (Å²) in [6.45, 7) is 13.1. The van der Waals surface area contributed by atoms with E-state index in [9.17, 15) is 28.8 Å². The first kappa shape index (κ1) is 35.0. The van der Waals surface area contributed by atoms with Crippen molar-refractivity contribution in [2.45, 2.75) is 111 Å². The van der Waals surface area contributed by atoms with E-state index in [0.29, 0.717) is 25.8 Å². The fourth-order valence-corrected chi connectivity index (χ4v) is 5.53. The second-order valence-electron chi connectivity index (χ2n) is 12.5. The molecule has 0 spiro atoms. The molecular weight excluding hydrogens is 544 g/mol. The first-order valence-electron chi connectivity index (χ1n) is 15.2. The predicted octanol–water partition coefficient (Wildman–Crippen LogP) is 1.32. The molecule has 12 nitrogen and oxygen atoms in total. The number of hydrogen-bond donors (Lipinski definition) is 2. The maximum Gasteiger partial charge on any atom is 0.308 e. The summed E-state index contributed by atoms with van der Waals surface area (Å²) >= 11 is 0. The summed E-state index contributed by atoms with van der Waals surface area (Å²) in [4.78, 5) is 84.6. The van der Waals surface area contributed by atoms with E-state index in [4.69, 9.17) is 4.74 Å². The topological polar surface area (TPSA) is 145 Å². The zero-order valence-electron chi connectivity index (χ0n) is 26.8. The van der Waals surface area contributed by atoms with Crippen LogP contribution in [0.2, 0.25) is 0 Å². The van der Waals surface area contributed by atoms with Crippen LogP contribution < -0.4 is 10.6 Å². The van der Waals surface area contributed by atoms with E-state index in [-0.39, 0.29) is 37.1 Å². The number of nitrogens with one attached hydrogen (secondary N) is 2. The molecule has 6 atom stereocenters. The van der Waals surface area contributed by atoms with Gasteiger partial charge in [-0.3, -0.25) is 28.8 Å². The van der Waals surface area contributed by atoms with Crippen LogP contribution in [0.1, 0.15) is 80.6 Å². The van der Waals surface area contributed by atoms with Crippen LogP contribution in [0.25, 0.3) is 0 Å². The molecule has 12 heteroatoms. The lowest BCUT2D eigenvalue weighted by Crippen LogP contribution is -2.60. The molecule has 0 saturated carbocycles. The van der Waals surface area contributed by atoms with Crippen molar-refractivity contribution in [3.05, 3.63) is 0 Å². The van der Waals surface area contributed by atoms with E-state index >= 15 is 0 Å². The lowest BCUT2D eigenvalue weighted by atomic mass is 9.94. The Labute approximate surface area is 250 Å². The summed E-state index contributed by atoms with van der Waals surface area (Å²) in [5.41, 5.74) is 0. The Balaban J connectivity index is 2.54. The molecule has 2 saturated heterocycles. The summed E-state index contributed by atoms with van der Waals surface area (Å²) in [7, 11) is 3.04. The van der Waals surface area contributed by atoms with Crippen molar-refractivity contribution < 1.29 is 33.5 Å². The van der Waals surface area contributed by atoms with Gasteiger partial charge in [-0.1, -0.05) is 48.0 Å². The summed E-state index contributed by atoms with van der Waals surface area (Å²) < 4.78 is 5.59. The Morgan fingerprint density at radius 2 is 1.57 bits per heavy atom. The SMILES string of the molecule is CC[C@H](C)[C@@H]1NC(=O)[C@@H]2CCCN2C(=O)[C@@H](CC(C)C)OC(=O)C[14CH2]NC(=O)[C@H](C)N(C)C(=O)C(C(C)C)N(C)C1=O. The van der Waals surface area contributed by atoms with Crippen molar-refractivity contribution in [1.29, 1.82) is 0 Å². The van der Waals surface area contributed by atoms with Gasteiger partial charge < -0.3 is 30.1 Å². The predicted molar refractivity (Wildman–Crippen MR) is 157 cm³/mol. The van der Waals surface area contributed by atoms with Crippen LogP contribution in [-0.2, 0) is 33.5 Å². The Bertz CT molecular complexity index is 1020. The second kappa shape index (κ2) is 15.3. The van der Waals surface area contributed by atoms with E-state index < -0.39 is 65.8 Å². The molecular formula is C30H51N5O7. The Hall–Kier alpha value is -3.18. The molecule has 2 N–H and O–H groups in total. The summed E-state index contributed by atoms with van der Waals surface area (Å²) in [6.07, 6.45) is 0.636. The molecule has 0 aromatic rings. The molecule has 42 heavy (non-hydrogen) atoms. The lowest BCUT2D eigenvalue weighted by Gasteiger charge is -2.38. The van der Waals surface area contributed by atoms with Gasteiger partial charge in [0.05, 0.1) is 6.42 Å². The van der Waals surface area contributed by atoms with Gasteiger partial charge in [0.15, 0.2) is 6.10 Å². The van der Waals surface area contributed by atoms with Crippen LogP contribution in [0, 0.1) is 17.8 Å². The van der Waals surface area contributed by atoms with E-state index in [1.54, 1.807) is 14.0 Å². The standard InChI is InChI=1S/C30H51N5O7/c1-10-19(6)24-29(40)34(9)25(18(4)5)30(41)33(8)20(7)26(37)31-14-13-23(36)42-22(16-17(2)3)28(39)35-15-11-12-21(35)27(38)32-24/h17-22,24-25H,10-16H2,1-9H3,(H,31,37)(H,32,38)/t19-,20-,21-,22+,24-,25?/m0/s1/i14+2. The summed E-state index contributed by atoms with van der Waals surface area (Å²) in [5.74, 6) is -3.36. The van der Waals surface area contributed by atoms with Crippen LogP contribution >= 0.6 is 0 Å². The Kier molecular flexibility index (Phi) is 12.8. The molecule has 238 valence electrons. The number of amides is 5. The fraction of sp³-hybridized carbons (Fsp3) is 0.800. The number of ether oxygens (including phenoxy) is 1. The molecule has 2 aliphatic heterocycles. The van der Waals surface area contributed by atoms with Gasteiger partial charge in [0, 0.05) is 27.2 Å². The highest BCUT2D eigenvalue weighted by Crippen LogP contribution is 2.24. The van der Waals surface area contributed by atoms with Crippen molar-refractivity contribution in [3.8, 4) is 0 Å². The van der Waals surface area contributed by atoms with E-state index in [0.717, 1.165) is 0 Å². The maximum atomic E-state index is 13.9.